The van der Waals surface area contributed by atoms with Gasteiger partial charge in [0.15, 0.2) is 0 Å². The highest BCUT2D eigenvalue weighted by Crippen LogP contribution is 2.55. The second kappa shape index (κ2) is 9.85. The average molecular weight is 490 g/mol. The van der Waals surface area contributed by atoms with E-state index in [0.29, 0.717) is 22.6 Å². The molecular formula is C29H35N3O4. The summed E-state index contributed by atoms with van der Waals surface area (Å²) in [4.78, 5) is 26.4. The molecule has 1 N–H and O–H groups in total. The second-order valence-electron chi connectivity index (χ2n) is 11.0. The summed E-state index contributed by atoms with van der Waals surface area (Å²) in [5.74, 6) is 1.17. The van der Waals surface area contributed by atoms with Gasteiger partial charge in [-0.1, -0.05) is 27.7 Å². The van der Waals surface area contributed by atoms with Gasteiger partial charge >= 0.3 is 0 Å². The third kappa shape index (κ3) is 4.65. The average Bonchev–Trinajstić information content (AvgIpc) is 2.89. The number of benzene rings is 2. The van der Waals surface area contributed by atoms with Gasteiger partial charge in [-0.25, -0.2) is 0 Å². The molecule has 1 aliphatic carbocycles. The number of methoxy groups -OCH3 is 1. The van der Waals surface area contributed by atoms with E-state index in [-0.39, 0.29) is 34.8 Å². The smallest absolute Gasteiger partial charge is 0.251 e. The van der Waals surface area contributed by atoms with Crippen molar-refractivity contribution >= 4 is 17.9 Å². The Morgan fingerprint density at radius 3 is 2.28 bits per heavy atom. The van der Waals surface area contributed by atoms with E-state index >= 15 is 0 Å². The number of piperidine rings is 1. The van der Waals surface area contributed by atoms with Gasteiger partial charge in [0.05, 0.1) is 12.7 Å². The summed E-state index contributed by atoms with van der Waals surface area (Å²) in [5, 5.41) is 12.5. The molecule has 7 nitrogen and oxygen atoms in total. The zero-order valence-electron chi connectivity index (χ0n) is 21.7. The summed E-state index contributed by atoms with van der Waals surface area (Å²) < 4.78 is 11.7. The number of amides is 1. The molecule has 1 aliphatic heterocycles. The number of carbonyl (C=O) groups is 2. The molecule has 0 unspecified atom stereocenters. The quantitative estimate of drug-likeness (QED) is 0.572. The molecule has 1 saturated heterocycles. The Kier molecular flexibility index (Phi) is 6.99. The first-order valence-electron chi connectivity index (χ1n) is 12.5. The van der Waals surface area contributed by atoms with Crippen LogP contribution >= 0.6 is 0 Å². The molecule has 0 radical (unpaired) electrons. The predicted molar refractivity (Wildman–Crippen MR) is 138 cm³/mol. The van der Waals surface area contributed by atoms with Crippen LogP contribution in [0, 0.1) is 28.1 Å². The van der Waals surface area contributed by atoms with Crippen LogP contribution in [0.25, 0.3) is 0 Å². The molecule has 0 atom stereocenters. The molecule has 7 heteroatoms. The number of hydrogen-bond acceptors (Lipinski definition) is 6. The number of anilines is 1. The highest BCUT2D eigenvalue weighted by Gasteiger charge is 2.64. The summed E-state index contributed by atoms with van der Waals surface area (Å²) in [6.07, 6.45) is 2.65. The zero-order chi connectivity index (χ0) is 26.1. The Hall–Kier alpha value is -3.53. The fraction of sp³-hybridized carbons (Fsp3) is 0.483. The van der Waals surface area contributed by atoms with Crippen molar-refractivity contribution in [3.8, 4) is 17.6 Å². The van der Waals surface area contributed by atoms with E-state index in [1.807, 2.05) is 24.3 Å². The van der Waals surface area contributed by atoms with Gasteiger partial charge in [0.1, 0.15) is 30.0 Å². The lowest BCUT2D eigenvalue weighted by atomic mass is 9.49. The highest BCUT2D eigenvalue weighted by molar-refractivity contribution is 5.95. The Bertz CT molecular complexity index is 1140. The Labute approximate surface area is 213 Å². The van der Waals surface area contributed by atoms with Crippen LogP contribution in [0.2, 0.25) is 0 Å². The van der Waals surface area contributed by atoms with E-state index < -0.39 is 0 Å². The summed E-state index contributed by atoms with van der Waals surface area (Å²) in [6.45, 7) is 10.1. The SMILES string of the molecule is COc1cc(OC2C(C)(C)C(NC(=O)c3ccc(N4CCC(C=O)CC4)cc3)C2(C)C)ccc1C#N. The van der Waals surface area contributed by atoms with E-state index in [1.54, 1.807) is 18.2 Å². The Morgan fingerprint density at radius 1 is 1.08 bits per heavy atom. The number of nitriles is 1. The van der Waals surface area contributed by atoms with Crippen molar-refractivity contribution in [3.05, 3.63) is 53.6 Å². The van der Waals surface area contributed by atoms with Crippen molar-refractivity contribution in [2.24, 2.45) is 16.7 Å². The molecule has 0 aromatic heterocycles. The monoisotopic (exact) mass is 489 g/mol. The third-order valence-electron chi connectivity index (χ3n) is 7.89. The minimum atomic E-state index is -0.316. The van der Waals surface area contributed by atoms with Gasteiger partial charge in [-0.15, -0.1) is 0 Å². The number of rotatable bonds is 7. The first kappa shape index (κ1) is 25.6. The standard InChI is InChI=1S/C29H35N3O4/c1-28(2)26(29(3,4)27(28)36-23-11-8-21(17-30)24(16-23)35-5)31-25(34)20-6-9-22(10-7-20)32-14-12-19(18-33)13-15-32/h6-11,16,18-19,26-27H,12-15H2,1-5H3,(H,31,34). The highest BCUT2D eigenvalue weighted by atomic mass is 16.5. The van der Waals surface area contributed by atoms with E-state index in [0.717, 1.165) is 37.9 Å². The molecule has 2 aromatic carbocycles. The van der Waals surface area contributed by atoms with Crippen molar-refractivity contribution in [2.75, 3.05) is 25.1 Å². The fourth-order valence-electron chi connectivity index (χ4n) is 6.10. The number of aldehydes is 1. The fourth-order valence-corrected chi connectivity index (χ4v) is 6.10. The largest absolute Gasteiger partial charge is 0.495 e. The topological polar surface area (TPSA) is 91.7 Å². The van der Waals surface area contributed by atoms with Gasteiger partial charge in [0, 0.05) is 53.2 Å². The maximum Gasteiger partial charge on any atom is 0.251 e. The number of nitrogens with one attached hydrogen (secondary N) is 1. The molecule has 190 valence electrons. The van der Waals surface area contributed by atoms with Crippen LogP contribution in [0.1, 0.15) is 56.5 Å². The number of ether oxygens (including phenoxy) is 2. The maximum atomic E-state index is 13.2. The van der Waals surface area contributed by atoms with E-state index in [4.69, 9.17) is 9.47 Å². The molecule has 1 saturated carbocycles. The molecule has 0 spiro atoms. The van der Waals surface area contributed by atoms with E-state index in [1.165, 1.54) is 7.11 Å². The molecule has 2 fully saturated rings. The van der Waals surface area contributed by atoms with Crippen LogP contribution in [0.3, 0.4) is 0 Å². The predicted octanol–water partition coefficient (Wildman–Crippen LogP) is 4.59. The third-order valence-corrected chi connectivity index (χ3v) is 7.89. The van der Waals surface area contributed by atoms with Gasteiger partial charge in [-0.2, -0.15) is 5.26 Å². The lowest BCUT2D eigenvalue weighted by molar-refractivity contribution is -0.164. The molecule has 2 aromatic rings. The number of carbonyl (C=O) groups excluding carboxylic acids is 2. The minimum Gasteiger partial charge on any atom is -0.495 e. The van der Waals surface area contributed by atoms with E-state index in [2.05, 4.69) is 44.0 Å². The summed E-state index contributed by atoms with van der Waals surface area (Å²) in [6, 6.07) is 14.9. The Morgan fingerprint density at radius 2 is 1.72 bits per heavy atom. The van der Waals surface area contributed by atoms with Gasteiger partial charge < -0.3 is 24.5 Å². The first-order chi connectivity index (χ1) is 17.1. The molecule has 1 amide bonds. The molecule has 36 heavy (non-hydrogen) atoms. The maximum absolute atomic E-state index is 13.2. The molecule has 4 rings (SSSR count). The van der Waals surface area contributed by atoms with Gasteiger partial charge in [-0.3, -0.25) is 4.79 Å². The normalized spacial score (nSPS) is 22.6. The number of hydrogen-bond donors (Lipinski definition) is 1. The second-order valence-corrected chi connectivity index (χ2v) is 11.0. The van der Waals surface area contributed by atoms with Gasteiger partial charge in [0.2, 0.25) is 0 Å². The first-order valence-corrected chi connectivity index (χ1v) is 12.5. The molecule has 1 heterocycles. The van der Waals surface area contributed by atoms with Crippen LogP contribution in [0.15, 0.2) is 42.5 Å². The van der Waals surface area contributed by atoms with Crippen LogP contribution in [0.4, 0.5) is 5.69 Å². The van der Waals surface area contributed by atoms with Crippen molar-refractivity contribution in [1.29, 1.82) is 5.26 Å². The summed E-state index contributed by atoms with van der Waals surface area (Å²) >= 11 is 0. The molecule has 0 bridgehead atoms. The molecule has 2 aliphatic rings. The van der Waals surface area contributed by atoms with E-state index in [9.17, 15) is 14.9 Å². The zero-order valence-corrected chi connectivity index (χ0v) is 21.7. The van der Waals surface area contributed by atoms with Crippen molar-refractivity contribution in [1.82, 2.24) is 5.32 Å². The van der Waals surface area contributed by atoms with Crippen LogP contribution in [-0.2, 0) is 4.79 Å². The van der Waals surface area contributed by atoms with Crippen LogP contribution in [0.5, 0.6) is 11.5 Å². The lowest BCUT2D eigenvalue weighted by Crippen LogP contribution is -2.74. The minimum absolute atomic E-state index is 0.0928. The number of nitrogens with zero attached hydrogens (tertiary/aromatic N) is 2. The van der Waals surface area contributed by atoms with Crippen LogP contribution in [-0.4, -0.2) is 44.5 Å². The van der Waals surface area contributed by atoms with Gasteiger partial charge in [-0.05, 0) is 49.2 Å². The molecular weight excluding hydrogens is 454 g/mol. The summed E-state index contributed by atoms with van der Waals surface area (Å²) in [5.41, 5.74) is 1.52. The van der Waals surface area contributed by atoms with Crippen molar-refractivity contribution in [2.45, 2.75) is 52.7 Å². The van der Waals surface area contributed by atoms with Crippen molar-refractivity contribution < 1.29 is 19.1 Å². The van der Waals surface area contributed by atoms with Gasteiger partial charge in [0.25, 0.3) is 5.91 Å². The van der Waals surface area contributed by atoms with Crippen LogP contribution < -0.4 is 19.7 Å². The summed E-state index contributed by atoms with van der Waals surface area (Å²) in [7, 11) is 1.53. The Balaban J connectivity index is 1.41. The lowest BCUT2D eigenvalue weighted by Gasteiger charge is -2.63. The van der Waals surface area contributed by atoms with Crippen molar-refractivity contribution in [3.63, 3.8) is 0 Å².